The molecule has 0 aromatic carbocycles. The number of rotatable bonds is 41. The van der Waals surface area contributed by atoms with Crippen molar-refractivity contribution in [3.8, 4) is 0 Å². The first-order valence-electron chi connectivity index (χ1n) is 26.4. The van der Waals surface area contributed by atoms with E-state index >= 15 is 0 Å². The summed E-state index contributed by atoms with van der Waals surface area (Å²) in [6, 6.07) is 0. The van der Waals surface area contributed by atoms with Crippen LogP contribution in [0.2, 0.25) is 0 Å². The third-order valence-electron chi connectivity index (χ3n) is 12.3. The fourth-order valence-electron chi connectivity index (χ4n) is 7.98. The van der Waals surface area contributed by atoms with E-state index < -0.39 is 86.7 Å². The quantitative estimate of drug-likeness (QED) is 0.0175. The van der Waals surface area contributed by atoms with E-state index in [-0.39, 0.29) is 19.6 Å². The first kappa shape index (κ1) is 61.8. The SMILES string of the molecule is CC/C=C\C/C=C\C/C=C\CCCCCCCC(=O)OC(COCCCCCCCCCC/C=C\C/C=C\CCCCCC)COC1OC(COC2OC(CO)C(O)C(O)C2O)C(O)C(O)C1O. The van der Waals surface area contributed by atoms with Gasteiger partial charge < -0.3 is 64.2 Å². The van der Waals surface area contributed by atoms with E-state index in [1.54, 1.807) is 0 Å². The second kappa shape index (κ2) is 41.3. The summed E-state index contributed by atoms with van der Waals surface area (Å²) in [5.74, 6) is -0.397. The van der Waals surface area contributed by atoms with Crippen molar-refractivity contribution in [2.45, 2.75) is 242 Å². The number of esters is 1. The highest BCUT2D eigenvalue weighted by Crippen LogP contribution is 2.26. The molecule has 0 amide bonds. The zero-order valence-corrected chi connectivity index (χ0v) is 41.8. The molecule has 14 heteroatoms. The lowest BCUT2D eigenvalue weighted by Crippen LogP contribution is -2.61. The molecule has 7 N–H and O–H groups in total. The summed E-state index contributed by atoms with van der Waals surface area (Å²) < 4.78 is 34.3. The van der Waals surface area contributed by atoms with E-state index in [9.17, 15) is 40.5 Å². The van der Waals surface area contributed by atoms with Gasteiger partial charge in [0.25, 0.3) is 0 Å². The number of unbranched alkanes of at least 4 members (excludes halogenated alkanes) is 17. The lowest BCUT2D eigenvalue weighted by Gasteiger charge is -2.42. The van der Waals surface area contributed by atoms with Gasteiger partial charge >= 0.3 is 5.97 Å². The van der Waals surface area contributed by atoms with Crippen LogP contribution in [0, 0.1) is 0 Å². The van der Waals surface area contributed by atoms with Gasteiger partial charge in [0.15, 0.2) is 12.6 Å². The van der Waals surface area contributed by atoms with Gasteiger partial charge in [0, 0.05) is 13.0 Å². The number of aliphatic hydroxyl groups excluding tert-OH is 7. The van der Waals surface area contributed by atoms with Crippen molar-refractivity contribution in [2.24, 2.45) is 0 Å². The Morgan fingerprint density at radius 1 is 0.500 bits per heavy atom. The Morgan fingerprint density at radius 2 is 0.956 bits per heavy atom. The molecule has 2 aliphatic rings. The fraction of sp³-hybridized carbons (Fsp3) is 0.796. The van der Waals surface area contributed by atoms with Gasteiger partial charge in [-0.15, -0.1) is 0 Å². The molecular weight excluding hydrogens is 873 g/mol. The summed E-state index contributed by atoms with van der Waals surface area (Å²) in [5.41, 5.74) is 0. The van der Waals surface area contributed by atoms with E-state index in [4.69, 9.17) is 28.4 Å². The Hall–Kier alpha value is -2.31. The monoisotopic (exact) mass is 967 g/mol. The molecule has 0 bridgehead atoms. The van der Waals surface area contributed by atoms with Gasteiger partial charge in [0.05, 0.1) is 26.4 Å². The molecule has 0 saturated carbocycles. The summed E-state index contributed by atoms with van der Waals surface area (Å²) in [5, 5.41) is 72.2. The van der Waals surface area contributed by atoms with Crippen molar-refractivity contribution in [2.75, 3.05) is 33.0 Å². The van der Waals surface area contributed by atoms with Gasteiger partial charge in [-0.25, -0.2) is 0 Å². The number of carbonyl (C=O) groups excluding carboxylic acids is 1. The van der Waals surface area contributed by atoms with Gasteiger partial charge in [-0.05, 0) is 77.0 Å². The zero-order chi connectivity index (χ0) is 49.5. The molecule has 2 heterocycles. The molecular formula is C54H94O14. The second-order valence-corrected chi connectivity index (χ2v) is 18.3. The minimum Gasteiger partial charge on any atom is -0.457 e. The lowest BCUT2D eigenvalue weighted by atomic mass is 9.98. The number of hydrogen-bond acceptors (Lipinski definition) is 14. The Balaban J connectivity index is 1.76. The van der Waals surface area contributed by atoms with Crippen molar-refractivity contribution in [3.05, 3.63) is 60.8 Å². The standard InChI is InChI=1S/C54H94O14/c1-3-5-7-9-11-13-15-17-19-20-21-22-24-26-28-30-32-34-36-38-63-40-43(66-46(56)37-35-33-31-29-27-25-23-18-16-14-12-10-8-6-4-2)41-64-53-52(62)50(60)48(58)45(68-53)42-65-54-51(61)49(59)47(57)44(39-55)67-54/h6,8,12-15,18-20,23,43-45,47-55,57-62H,3-5,7,9-11,16-17,21-22,24-42H2,1-2H3/b8-6-,14-12-,15-13-,20-19-,23-18-. The zero-order valence-electron chi connectivity index (χ0n) is 41.8. The Morgan fingerprint density at radius 3 is 1.50 bits per heavy atom. The topological polar surface area (TPSA) is 214 Å². The number of hydrogen-bond donors (Lipinski definition) is 7. The maximum absolute atomic E-state index is 13.0. The summed E-state index contributed by atoms with van der Waals surface area (Å²) in [6.45, 7) is 3.51. The fourth-order valence-corrected chi connectivity index (χ4v) is 7.98. The highest BCUT2D eigenvalue weighted by atomic mass is 16.7. The molecule has 0 aromatic rings. The highest BCUT2D eigenvalue weighted by Gasteiger charge is 2.47. The van der Waals surface area contributed by atoms with Crippen molar-refractivity contribution in [1.82, 2.24) is 0 Å². The Labute approximate surface area is 409 Å². The molecule has 0 aliphatic carbocycles. The molecule has 68 heavy (non-hydrogen) atoms. The van der Waals surface area contributed by atoms with E-state index in [0.717, 1.165) is 83.5 Å². The highest BCUT2D eigenvalue weighted by molar-refractivity contribution is 5.69. The molecule has 2 aliphatic heterocycles. The van der Waals surface area contributed by atoms with Crippen LogP contribution in [0.5, 0.6) is 0 Å². The number of allylic oxidation sites excluding steroid dienone is 10. The van der Waals surface area contributed by atoms with Crippen LogP contribution in [0.3, 0.4) is 0 Å². The van der Waals surface area contributed by atoms with Crippen molar-refractivity contribution < 1.29 is 69.0 Å². The van der Waals surface area contributed by atoms with Crippen LogP contribution in [0.4, 0.5) is 0 Å². The van der Waals surface area contributed by atoms with Gasteiger partial charge in [0.1, 0.15) is 54.9 Å². The molecule has 11 atom stereocenters. The largest absolute Gasteiger partial charge is 0.457 e. The molecule has 0 radical (unpaired) electrons. The maximum Gasteiger partial charge on any atom is 0.306 e. The number of ether oxygens (including phenoxy) is 6. The third-order valence-corrected chi connectivity index (χ3v) is 12.3. The van der Waals surface area contributed by atoms with Crippen LogP contribution in [0.1, 0.15) is 174 Å². The molecule has 2 saturated heterocycles. The minimum atomic E-state index is -1.71. The van der Waals surface area contributed by atoms with E-state index in [1.165, 1.54) is 64.2 Å². The second-order valence-electron chi connectivity index (χ2n) is 18.3. The van der Waals surface area contributed by atoms with E-state index in [0.29, 0.717) is 13.0 Å². The number of carbonyl (C=O) groups is 1. The molecule has 2 fully saturated rings. The average molecular weight is 967 g/mol. The Bertz CT molecular complexity index is 1350. The van der Waals surface area contributed by atoms with Crippen LogP contribution in [0.25, 0.3) is 0 Å². The van der Waals surface area contributed by atoms with E-state index in [2.05, 4.69) is 74.6 Å². The predicted molar refractivity (Wildman–Crippen MR) is 266 cm³/mol. The molecule has 0 aromatic heterocycles. The maximum atomic E-state index is 13.0. The molecule has 14 nitrogen and oxygen atoms in total. The lowest BCUT2D eigenvalue weighted by molar-refractivity contribution is -0.332. The van der Waals surface area contributed by atoms with Gasteiger partial charge in [-0.2, -0.15) is 0 Å². The van der Waals surface area contributed by atoms with Crippen molar-refractivity contribution >= 4 is 5.97 Å². The van der Waals surface area contributed by atoms with Crippen LogP contribution >= 0.6 is 0 Å². The first-order chi connectivity index (χ1) is 33.1. The summed E-state index contributed by atoms with van der Waals surface area (Å²) >= 11 is 0. The minimum absolute atomic E-state index is 0.0480. The molecule has 2 rings (SSSR count). The smallest absolute Gasteiger partial charge is 0.306 e. The predicted octanol–water partition coefficient (Wildman–Crippen LogP) is 8.13. The van der Waals surface area contributed by atoms with Crippen LogP contribution in [-0.4, -0.2) is 142 Å². The van der Waals surface area contributed by atoms with Gasteiger partial charge in [-0.1, -0.05) is 152 Å². The van der Waals surface area contributed by atoms with Crippen LogP contribution < -0.4 is 0 Å². The first-order valence-corrected chi connectivity index (χ1v) is 26.4. The summed E-state index contributed by atoms with van der Waals surface area (Å²) in [6.07, 6.45) is 32.8. The number of aliphatic hydroxyl groups is 7. The van der Waals surface area contributed by atoms with Crippen molar-refractivity contribution in [1.29, 1.82) is 0 Å². The summed E-state index contributed by atoms with van der Waals surface area (Å²) in [7, 11) is 0. The third kappa shape index (κ3) is 28.5. The molecule has 394 valence electrons. The van der Waals surface area contributed by atoms with Crippen molar-refractivity contribution in [3.63, 3.8) is 0 Å². The summed E-state index contributed by atoms with van der Waals surface area (Å²) in [4.78, 5) is 13.0. The average Bonchev–Trinajstić information content (AvgIpc) is 3.33. The van der Waals surface area contributed by atoms with Crippen LogP contribution in [-0.2, 0) is 33.2 Å². The van der Waals surface area contributed by atoms with Crippen LogP contribution in [0.15, 0.2) is 60.8 Å². The molecule has 0 spiro atoms. The van der Waals surface area contributed by atoms with E-state index in [1.807, 2.05) is 0 Å². The normalized spacial score (nSPS) is 26.4. The van der Waals surface area contributed by atoms with Gasteiger partial charge in [0.2, 0.25) is 0 Å². The Kier molecular flexibility index (Phi) is 37.6. The molecule has 11 unspecified atom stereocenters. The van der Waals surface area contributed by atoms with Gasteiger partial charge in [-0.3, -0.25) is 4.79 Å².